The highest BCUT2D eigenvalue weighted by molar-refractivity contribution is 5.54. The normalized spacial score (nSPS) is 10.5. The van der Waals surface area contributed by atoms with Crippen molar-refractivity contribution in [2.24, 2.45) is 0 Å². The van der Waals surface area contributed by atoms with E-state index in [1.165, 1.54) is 6.33 Å². The molecular weight excluding hydrogens is 195 g/mol. The number of benzene rings is 1. The number of nitrogens with one attached hydrogen (secondary N) is 1. The molecule has 72 valence electrons. The smallest absolute Gasteiger partial charge is 0.194 e. The Morgan fingerprint density at radius 2 is 1.71 bits per heavy atom. The van der Waals surface area contributed by atoms with Crippen LogP contribution in [0.2, 0.25) is 0 Å². The van der Waals surface area contributed by atoms with Gasteiger partial charge in [0.1, 0.15) is 6.33 Å². The van der Waals surface area contributed by atoms with E-state index in [1.807, 2.05) is 0 Å². The van der Waals surface area contributed by atoms with Gasteiger partial charge in [0.25, 0.3) is 0 Å². The Kier molecular flexibility index (Phi) is 1.95. The third kappa shape index (κ3) is 1.34. The number of aromatic nitrogens is 3. The first-order chi connectivity index (χ1) is 6.68. The molecule has 0 fully saturated rings. The molecule has 0 aliphatic carbocycles. The molecule has 14 heavy (non-hydrogen) atoms. The van der Waals surface area contributed by atoms with E-state index in [-0.39, 0.29) is 11.4 Å². The molecule has 3 nitrogen and oxygen atoms in total. The van der Waals surface area contributed by atoms with E-state index >= 15 is 0 Å². The zero-order valence-electron chi connectivity index (χ0n) is 6.76. The van der Waals surface area contributed by atoms with Crippen molar-refractivity contribution in [3.05, 3.63) is 35.9 Å². The molecule has 0 bridgehead atoms. The number of rotatable bonds is 1. The van der Waals surface area contributed by atoms with Gasteiger partial charge in [0.2, 0.25) is 0 Å². The van der Waals surface area contributed by atoms with Gasteiger partial charge in [0, 0.05) is 5.56 Å². The average molecular weight is 199 g/mol. The summed E-state index contributed by atoms with van der Waals surface area (Å²) >= 11 is 0. The largest absolute Gasteiger partial charge is 0.259 e. The van der Waals surface area contributed by atoms with Crippen molar-refractivity contribution in [2.45, 2.75) is 0 Å². The highest BCUT2D eigenvalue weighted by Gasteiger charge is 2.12. The van der Waals surface area contributed by atoms with Gasteiger partial charge in [0.05, 0.1) is 0 Å². The summed E-state index contributed by atoms with van der Waals surface area (Å²) < 4.78 is 38.1. The maximum absolute atomic E-state index is 12.8. The molecule has 1 heterocycles. The number of hydrogen-bond acceptors (Lipinski definition) is 2. The summed E-state index contributed by atoms with van der Waals surface area (Å²) in [5.74, 6) is -3.82. The van der Waals surface area contributed by atoms with Gasteiger partial charge in [-0.25, -0.2) is 18.2 Å². The lowest BCUT2D eigenvalue weighted by atomic mass is 10.2. The summed E-state index contributed by atoms with van der Waals surface area (Å²) in [5.41, 5.74) is 0.110. The van der Waals surface area contributed by atoms with Crippen LogP contribution in [0.3, 0.4) is 0 Å². The molecule has 1 N–H and O–H groups in total. The first-order valence-corrected chi connectivity index (χ1v) is 3.69. The van der Waals surface area contributed by atoms with E-state index < -0.39 is 17.5 Å². The van der Waals surface area contributed by atoms with Crippen molar-refractivity contribution < 1.29 is 13.2 Å². The molecule has 0 saturated carbocycles. The van der Waals surface area contributed by atoms with Crippen LogP contribution in [0.4, 0.5) is 13.2 Å². The summed E-state index contributed by atoms with van der Waals surface area (Å²) in [6.07, 6.45) is 1.19. The fourth-order valence-corrected chi connectivity index (χ4v) is 1.04. The maximum Gasteiger partial charge on any atom is 0.194 e. The van der Waals surface area contributed by atoms with E-state index in [9.17, 15) is 13.2 Å². The van der Waals surface area contributed by atoms with E-state index in [4.69, 9.17) is 0 Å². The fraction of sp³-hybridized carbons (Fsp3) is 0. The van der Waals surface area contributed by atoms with Gasteiger partial charge in [-0.05, 0) is 12.1 Å². The standard InChI is InChI=1S/C8H4F3N3/c9-5-1-4(2-6(10)7(5)11)8-12-3-13-14-8/h1-3H,(H,12,13,14). The average Bonchev–Trinajstić information content (AvgIpc) is 2.66. The molecule has 2 rings (SSSR count). The van der Waals surface area contributed by atoms with Crippen LogP contribution in [0.5, 0.6) is 0 Å². The third-order valence-electron chi connectivity index (χ3n) is 1.67. The maximum atomic E-state index is 12.8. The van der Waals surface area contributed by atoms with Gasteiger partial charge < -0.3 is 0 Å². The predicted octanol–water partition coefficient (Wildman–Crippen LogP) is 1.89. The van der Waals surface area contributed by atoms with Crippen LogP contribution in [-0.4, -0.2) is 15.2 Å². The van der Waals surface area contributed by atoms with Gasteiger partial charge in [-0.15, -0.1) is 0 Å². The Hall–Kier alpha value is -1.85. The summed E-state index contributed by atoms with van der Waals surface area (Å²) in [5, 5.41) is 5.92. The summed E-state index contributed by atoms with van der Waals surface area (Å²) in [6, 6.07) is 1.69. The predicted molar refractivity (Wildman–Crippen MR) is 41.7 cm³/mol. The molecule has 2 aromatic rings. The van der Waals surface area contributed by atoms with Crippen LogP contribution >= 0.6 is 0 Å². The molecule has 0 aliphatic heterocycles. The van der Waals surface area contributed by atoms with Crippen LogP contribution in [0.25, 0.3) is 11.4 Å². The second-order valence-electron chi connectivity index (χ2n) is 2.59. The minimum absolute atomic E-state index is 0.110. The van der Waals surface area contributed by atoms with Crippen LogP contribution in [0.1, 0.15) is 0 Å². The summed E-state index contributed by atoms with van der Waals surface area (Å²) in [6.45, 7) is 0. The lowest BCUT2D eigenvalue weighted by Crippen LogP contribution is -1.92. The molecule has 0 spiro atoms. The monoisotopic (exact) mass is 199 g/mol. The van der Waals surface area contributed by atoms with Crippen LogP contribution < -0.4 is 0 Å². The summed E-state index contributed by atoms with van der Waals surface area (Å²) in [7, 11) is 0. The van der Waals surface area contributed by atoms with Crippen LogP contribution in [0.15, 0.2) is 18.5 Å². The molecular formula is C8H4F3N3. The van der Waals surface area contributed by atoms with E-state index in [2.05, 4.69) is 15.2 Å². The van der Waals surface area contributed by atoms with Crippen molar-refractivity contribution in [3.63, 3.8) is 0 Å². The number of aromatic amines is 1. The second kappa shape index (κ2) is 3.13. The highest BCUT2D eigenvalue weighted by atomic mass is 19.2. The van der Waals surface area contributed by atoms with Crippen molar-refractivity contribution >= 4 is 0 Å². The first-order valence-electron chi connectivity index (χ1n) is 3.69. The molecule has 0 amide bonds. The first kappa shape index (κ1) is 8.74. The lowest BCUT2D eigenvalue weighted by molar-refractivity contribution is 0.447. The van der Waals surface area contributed by atoms with Gasteiger partial charge in [-0.3, -0.25) is 5.10 Å². The molecule has 0 atom stereocenters. The Bertz CT molecular complexity index is 430. The number of halogens is 3. The van der Waals surface area contributed by atoms with Crippen molar-refractivity contribution in [3.8, 4) is 11.4 Å². The third-order valence-corrected chi connectivity index (χ3v) is 1.67. The lowest BCUT2D eigenvalue weighted by Gasteiger charge is -1.98. The van der Waals surface area contributed by atoms with Gasteiger partial charge in [0.15, 0.2) is 23.3 Å². The van der Waals surface area contributed by atoms with Crippen molar-refractivity contribution in [1.82, 2.24) is 15.2 Å². The number of nitrogens with zero attached hydrogens (tertiary/aromatic N) is 2. The molecule has 1 aromatic heterocycles. The molecule has 0 aliphatic rings. The van der Waals surface area contributed by atoms with Crippen LogP contribution in [-0.2, 0) is 0 Å². The topological polar surface area (TPSA) is 41.6 Å². The van der Waals surface area contributed by atoms with Gasteiger partial charge >= 0.3 is 0 Å². The molecule has 1 aromatic carbocycles. The Morgan fingerprint density at radius 3 is 2.21 bits per heavy atom. The van der Waals surface area contributed by atoms with E-state index in [0.29, 0.717) is 0 Å². The van der Waals surface area contributed by atoms with E-state index in [0.717, 1.165) is 12.1 Å². The van der Waals surface area contributed by atoms with E-state index in [1.54, 1.807) is 0 Å². The Morgan fingerprint density at radius 1 is 1.07 bits per heavy atom. The SMILES string of the molecule is Fc1cc(-c2ncn[nH]2)cc(F)c1F. The second-order valence-corrected chi connectivity index (χ2v) is 2.59. The highest BCUT2D eigenvalue weighted by Crippen LogP contribution is 2.19. The number of H-pyrrole nitrogens is 1. The van der Waals surface area contributed by atoms with Gasteiger partial charge in [-0.1, -0.05) is 0 Å². The molecule has 6 heteroatoms. The Labute approximate surface area is 76.6 Å². The van der Waals surface area contributed by atoms with Crippen LogP contribution in [0, 0.1) is 17.5 Å². The van der Waals surface area contributed by atoms with Gasteiger partial charge in [-0.2, -0.15) is 5.10 Å². The minimum Gasteiger partial charge on any atom is -0.259 e. The Balaban J connectivity index is 2.57. The minimum atomic E-state index is -1.49. The zero-order valence-corrected chi connectivity index (χ0v) is 6.76. The molecule has 0 unspecified atom stereocenters. The molecule has 0 saturated heterocycles. The summed E-state index contributed by atoms with van der Waals surface area (Å²) in [4.78, 5) is 3.68. The molecule has 0 radical (unpaired) electrons. The zero-order chi connectivity index (χ0) is 10.1. The van der Waals surface area contributed by atoms with Crippen molar-refractivity contribution in [1.29, 1.82) is 0 Å². The fourth-order valence-electron chi connectivity index (χ4n) is 1.04. The number of hydrogen-bond donors (Lipinski definition) is 1. The quantitative estimate of drug-likeness (QED) is 0.712. The van der Waals surface area contributed by atoms with Crippen molar-refractivity contribution in [2.75, 3.05) is 0 Å².